The lowest BCUT2D eigenvalue weighted by atomic mass is 9.83. The number of rotatable bonds is 5. The molecular formula is C22H26N2O4S. The van der Waals surface area contributed by atoms with Crippen LogP contribution >= 0.6 is 0 Å². The van der Waals surface area contributed by atoms with Crippen LogP contribution in [0.3, 0.4) is 0 Å². The fourth-order valence-corrected chi connectivity index (χ4v) is 5.57. The monoisotopic (exact) mass is 414 g/mol. The Morgan fingerprint density at radius 3 is 2.72 bits per heavy atom. The number of hydrogen-bond donors (Lipinski definition) is 1. The fourth-order valence-electron chi connectivity index (χ4n) is 4.12. The Balaban J connectivity index is 1.46. The fraction of sp³-hybridized carbons (Fsp3) is 0.409. The summed E-state index contributed by atoms with van der Waals surface area (Å²) in [7, 11) is -3.62. The van der Waals surface area contributed by atoms with Crippen molar-refractivity contribution in [2.45, 2.75) is 30.1 Å². The summed E-state index contributed by atoms with van der Waals surface area (Å²) in [5.74, 6) is 0.0521. The molecule has 2 aliphatic rings. The standard InChI is InChI=1S/C22H26N2O4S/c25-22(23-16-19-8-3-6-17-5-1-2-10-21(17)19)18-7-4-9-20(15-18)29(26,27)24-11-13-28-14-12-24/h1-2,4-5,7,9-10,15,19H,3,6,8,11-14,16H2,(H,23,25)/t19-/m1/s1. The van der Waals surface area contributed by atoms with Crippen LogP contribution in [0.2, 0.25) is 0 Å². The van der Waals surface area contributed by atoms with E-state index in [2.05, 4.69) is 23.5 Å². The van der Waals surface area contributed by atoms with Crippen LogP contribution in [-0.2, 0) is 21.2 Å². The normalized spacial score (nSPS) is 20.1. The minimum absolute atomic E-state index is 0.148. The predicted octanol–water partition coefficient (Wildman–Crippen LogP) is 2.56. The summed E-state index contributed by atoms with van der Waals surface area (Å²) in [6, 6.07) is 14.7. The molecule has 1 amide bonds. The van der Waals surface area contributed by atoms with E-state index in [0.29, 0.717) is 44.3 Å². The van der Waals surface area contributed by atoms with E-state index < -0.39 is 10.0 Å². The van der Waals surface area contributed by atoms with Gasteiger partial charge in [-0.3, -0.25) is 4.79 Å². The van der Waals surface area contributed by atoms with Gasteiger partial charge in [0, 0.05) is 31.1 Å². The first kappa shape index (κ1) is 20.1. The molecule has 2 aromatic rings. The van der Waals surface area contributed by atoms with E-state index in [1.54, 1.807) is 18.2 Å². The SMILES string of the molecule is O=C(NC[C@H]1CCCc2ccccc21)c1cccc(S(=O)(=O)N2CCOCC2)c1. The van der Waals surface area contributed by atoms with Crippen LogP contribution in [0.5, 0.6) is 0 Å². The largest absolute Gasteiger partial charge is 0.379 e. The average Bonchev–Trinajstić information content (AvgIpc) is 2.78. The van der Waals surface area contributed by atoms with Crippen LogP contribution in [0.1, 0.15) is 40.2 Å². The van der Waals surface area contributed by atoms with Crippen molar-refractivity contribution in [3.63, 3.8) is 0 Å². The van der Waals surface area contributed by atoms with Crippen molar-refractivity contribution in [3.05, 3.63) is 65.2 Å². The van der Waals surface area contributed by atoms with Gasteiger partial charge in [0.05, 0.1) is 18.1 Å². The molecule has 1 atom stereocenters. The van der Waals surface area contributed by atoms with Gasteiger partial charge in [0.15, 0.2) is 0 Å². The van der Waals surface area contributed by atoms with Crippen LogP contribution in [0.25, 0.3) is 0 Å². The Morgan fingerprint density at radius 2 is 1.90 bits per heavy atom. The molecule has 1 fully saturated rings. The molecule has 4 rings (SSSR count). The summed E-state index contributed by atoms with van der Waals surface area (Å²) in [6.45, 7) is 2.00. The molecule has 0 radical (unpaired) electrons. The molecule has 0 spiro atoms. The minimum Gasteiger partial charge on any atom is -0.379 e. The van der Waals surface area contributed by atoms with Crippen molar-refractivity contribution in [2.24, 2.45) is 0 Å². The number of amides is 1. The number of ether oxygens (including phenoxy) is 1. The molecule has 6 nitrogen and oxygen atoms in total. The topological polar surface area (TPSA) is 75.7 Å². The summed E-state index contributed by atoms with van der Waals surface area (Å²) in [4.78, 5) is 12.9. The molecule has 1 saturated heterocycles. The van der Waals surface area contributed by atoms with Gasteiger partial charge in [0.25, 0.3) is 5.91 Å². The van der Waals surface area contributed by atoms with Gasteiger partial charge in [-0.1, -0.05) is 30.3 Å². The zero-order valence-corrected chi connectivity index (χ0v) is 17.2. The summed E-state index contributed by atoms with van der Waals surface area (Å²) in [5, 5.41) is 3.00. The third kappa shape index (κ3) is 4.37. The summed E-state index contributed by atoms with van der Waals surface area (Å²) < 4.78 is 32.3. The van der Waals surface area contributed by atoms with Crippen LogP contribution in [0.4, 0.5) is 0 Å². The number of carbonyl (C=O) groups is 1. The molecule has 7 heteroatoms. The van der Waals surface area contributed by atoms with Crippen LogP contribution < -0.4 is 5.32 Å². The molecular weight excluding hydrogens is 388 g/mol. The predicted molar refractivity (Wildman–Crippen MR) is 110 cm³/mol. The number of benzene rings is 2. The molecule has 0 aromatic heterocycles. The van der Waals surface area contributed by atoms with Gasteiger partial charge in [-0.25, -0.2) is 8.42 Å². The number of carbonyl (C=O) groups excluding carboxylic acids is 1. The van der Waals surface area contributed by atoms with Crippen molar-refractivity contribution in [1.82, 2.24) is 9.62 Å². The Morgan fingerprint density at radius 1 is 1.10 bits per heavy atom. The lowest BCUT2D eigenvalue weighted by Gasteiger charge is -2.26. The molecule has 2 aromatic carbocycles. The quantitative estimate of drug-likeness (QED) is 0.816. The number of sulfonamides is 1. The summed E-state index contributed by atoms with van der Waals surface area (Å²) in [6.07, 6.45) is 3.25. The lowest BCUT2D eigenvalue weighted by Crippen LogP contribution is -2.40. The van der Waals surface area contributed by atoms with E-state index in [0.717, 1.165) is 19.3 Å². The molecule has 0 saturated carbocycles. The van der Waals surface area contributed by atoms with Gasteiger partial charge >= 0.3 is 0 Å². The number of morpholine rings is 1. The van der Waals surface area contributed by atoms with E-state index in [4.69, 9.17) is 4.74 Å². The zero-order valence-electron chi connectivity index (χ0n) is 16.3. The highest BCUT2D eigenvalue weighted by Crippen LogP contribution is 2.30. The minimum atomic E-state index is -3.62. The van der Waals surface area contributed by atoms with E-state index >= 15 is 0 Å². The second-order valence-corrected chi connectivity index (χ2v) is 9.48. The molecule has 154 valence electrons. The van der Waals surface area contributed by atoms with E-state index in [1.807, 2.05) is 6.07 Å². The highest BCUT2D eigenvalue weighted by Gasteiger charge is 2.27. The third-order valence-electron chi connectivity index (χ3n) is 5.71. The molecule has 1 aliphatic heterocycles. The Bertz CT molecular complexity index is 984. The van der Waals surface area contributed by atoms with Crippen molar-refractivity contribution >= 4 is 15.9 Å². The number of fused-ring (bicyclic) bond motifs is 1. The lowest BCUT2D eigenvalue weighted by molar-refractivity contribution is 0.0730. The van der Waals surface area contributed by atoms with Crippen molar-refractivity contribution in [1.29, 1.82) is 0 Å². The van der Waals surface area contributed by atoms with Gasteiger partial charge in [-0.2, -0.15) is 4.31 Å². The van der Waals surface area contributed by atoms with Gasteiger partial charge in [-0.05, 0) is 48.6 Å². The van der Waals surface area contributed by atoms with Crippen molar-refractivity contribution < 1.29 is 17.9 Å². The number of nitrogens with one attached hydrogen (secondary N) is 1. The van der Waals surface area contributed by atoms with Crippen LogP contribution in [0, 0.1) is 0 Å². The molecule has 29 heavy (non-hydrogen) atoms. The molecule has 1 heterocycles. The van der Waals surface area contributed by atoms with Crippen molar-refractivity contribution in [3.8, 4) is 0 Å². The van der Waals surface area contributed by atoms with Crippen LogP contribution in [-0.4, -0.2) is 51.5 Å². The first-order valence-corrected chi connectivity index (χ1v) is 11.5. The number of aryl methyl sites for hydroxylation is 1. The molecule has 1 N–H and O–H groups in total. The molecule has 0 bridgehead atoms. The maximum absolute atomic E-state index is 12.8. The Labute approximate surface area is 171 Å². The van der Waals surface area contributed by atoms with E-state index in [9.17, 15) is 13.2 Å². The Kier molecular flexibility index (Phi) is 5.99. The van der Waals surface area contributed by atoms with E-state index in [-0.39, 0.29) is 10.8 Å². The summed E-state index contributed by atoms with van der Waals surface area (Å²) in [5.41, 5.74) is 3.03. The highest BCUT2D eigenvalue weighted by atomic mass is 32.2. The maximum atomic E-state index is 12.8. The second kappa shape index (κ2) is 8.65. The first-order chi connectivity index (χ1) is 14.1. The first-order valence-electron chi connectivity index (χ1n) is 10.1. The number of hydrogen-bond acceptors (Lipinski definition) is 4. The Hall–Kier alpha value is -2.22. The third-order valence-corrected chi connectivity index (χ3v) is 7.60. The molecule has 0 unspecified atom stereocenters. The zero-order chi connectivity index (χ0) is 20.3. The van der Waals surface area contributed by atoms with Gasteiger partial charge in [0.1, 0.15) is 0 Å². The maximum Gasteiger partial charge on any atom is 0.251 e. The van der Waals surface area contributed by atoms with Crippen LogP contribution in [0.15, 0.2) is 53.4 Å². The van der Waals surface area contributed by atoms with Gasteiger partial charge in [-0.15, -0.1) is 0 Å². The summed E-state index contributed by atoms with van der Waals surface area (Å²) >= 11 is 0. The van der Waals surface area contributed by atoms with Gasteiger partial charge in [0.2, 0.25) is 10.0 Å². The highest BCUT2D eigenvalue weighted by molar-refractivity contribution is 7.89. The average molecular weight is 415 g/mol. The number of nitrogens with zero attached hydrogens (tertiary/aromatic N) is 1. The second-order valence-electron chi connectivity index (χ2n) is 7.54. The smallest absolute Gasteiger partial charge is 0.251 e. The van der Waals surface area contributed by atoms with Crippen molar-refractivity contribution in [2.75, 3.05) is 32.8 Å². The van der Waals surface area contributed by atoms with E-state index in [1.165, 1.54) is 21.5 Å². The molecule has 1 aliphatic carbocycles. The van der Waals surface area contributed by atoms with Gasteiger partial charge < -0.3 is 10.1 Å².